The molecule has 2 rings (SSSR count). The van der Waals surface area contributed by atoms with Crippen molar-refractivity contribution in [2.24, 2.45) is 11.3 Å². The molecule has 2 aliphatic carbocycles. The van der Waals surface area contributed by atoms with E-state index in [1.165, 1.54) is 45.1 Å². The van der Waals surface area contributed by atoms with Crippen molar-refractivity contribution in [3.63, 3.8) is 0 Å². The Morgan fingerprint density at radius 1 is 1.32 bits per heavy atom. The molecule has 0 aromatic rings. The number of hydrogen-bond donors (Lipinski definition) is 2. The van der Waals surface area contributed by atoms with Crippen LogP contribution in [0.15, 0.2) is 0 Å². The Hall–Kier alpha value is -0.120. The molecule has 2 atom stereocenters. The minimum absolute atomic E-state index is 0.287. The summed E-state index contributed by atoms with van der Waals surface area (Å²) in [6.07, 6.45) is 8.24. The van der Waals surface area contributed by atoms with Crippen LogP contribution in [-0.2, 0) is 0 Å². The van der Waals surface area contributed by atoms with E-state index >= 15 is 0 Å². The van der Waals surface area contributed by atoms with E-state index in [-0.39, 0.29) is 6.61 Å². The highest BCUT2D eigenvalue weighted by molar-refractivity contribution is 4.92. The van der Waals surface area contributed by atoms with Crippen LogP contribution in [0.25, 0.3) is 0 Å². The maximum absolute atomic E-state index is 9.20. The molecule has 2 unspecified atom stereocenters. The summed E-state index contributed by atoms with van der Waals surface area (Å²) in [5.41, 5.74) is 0.450. The van der Waals surface area contributed by atoms with Gasteiger partial charge in [0.15, 0.2) is 0 Å². The summed E-state index contributed by atoms with van der Waals surface area (Å²) < 4.78 is 0. The molecule has 3 heteroatoms. The quantitative estimate of drug-likeness (QED) is 0.709. The molecular formula is C16H32N2O. The van der Waals surface area contributed by atoms with Gasteiger partial charge in [-0.3, -0.25) is 0 Å². The van der Waals surface area contributed by atoms with Gasteiger partial charge in [0.2, 0.25) is 0 Å². The molecule has 0 spiro atoms. The zero-order valence-electron chi connectivity index (χ0n) is 12.8. The maximum Gasteiger partial charge on any atom is 0.0558 e. The Morgan fingerprint density at radius 3 is 2.68 bits per heavy atom. The standard InChI is InChI=1S/C16H32N2O/c1-3-18(9-10-19)13-16(12-17-15-6-7-15)8-4-5-14(2)11-16/h14-15,17,19H,3-13H2,1-2H3. The number of aliphatic hydroxyl groups is 1. The summed E-state index contributed by atoms with van der Waals surface area (Å²) in [6, 6.07) is 0.807. The lowest BCUT2D eigenvalue weighted by Gasteiger charge is -2.43. The Bertz CT molecular complexity index is 267. The van der Waals surface area contributed by atoms with Crippen LogP contribution in [0.1, 0.15) is 52.4 Å². The van der Waals surface area contributed by atoms with E-state index in [0.717, 1.165) is 31.6 Å². The summed E-state index contributed by atoms with van der Waals surface area (Å²) in [6.45, 7) is 9.14. The minimum atomic E-state index is 0.287. The monoisotopic (exact) mass is 268 g/mol. The van der Waals surface area contributed by atoms with E-state index in [0.29, 0.717) is 5.41 Å². The largest absolute Gasteiger partial charge is 0.395 e. The van der Waals surface area contributed by atoms with Crippen molar-refractivity contribution in [2.45, 2.75) is 58.4 Å². The summed E-state index contributed by atoms with van der Waals surface area (Å²) in [4.78, 5) is 2.44. The van der Waals surface area contributed by atoms with Gasteiger partial charge >= 0.3 is 0 Å². The van der Waals surface area contributed by atoms with Crippen LogP contribution in [-0.4, -0.2) is 48.8 Å². The zero-order valence-corrected chi connectivity index (χ0v) is 12.8. The molecule has 2 aliphatic rings. The van der Waals surface area contributed by atoms with Gasteiger partial charge < -0.3 is 15.3 Å². The van der Waals surface area contributed by atoms with E-state index in [2.05, 4.69) is 24.1 Å². The third kappa shape index (κ3) is 4.73. The van der Waals surface area contributed by atoms with E-state index in [1.54, 1.807) is 0 Å². The molecule has 0 radical (unpaired) electrons. The summed E-state index contributed by atoms with van der Waals surface area (Å²) in [7, 11) is 0. The second-order valence-electron chi connectivity index (χ2n) is 6.95. The predicted octanol–water partition coefficient (Wildman–Crippen LogP) is 2.25. The lowest BCUT2D eigenvalue weighted by atomic mass is 9.69. The van der Waals surface area contributed by atoms with E-state index in [4.69, 9.17) is 0 Å². The molecule has 112 valence electrons. The maximum atomic E-state index is 9.20. The highest BCUT2D eigenvalue weighted by Gasteiger charge is 2.37. The lowest BCUT2D eigenvalue weighted by Crippen LogP contribution is -2.47. The highest BCUT2D eigenvalue weighted by Crippen LogP contribution is 2.40. The average molecular weight is 268 g/mol. The van der Waals surface area contributed by atoms with Gasteiger partial charge in [0.1, 0.15) is 0 Å². The van der Waals surface area contributed by atoms with Gasteiger partial charge in [-0.15, -0.1) is 0 Å². The first-order valence-electron chi connectivity index (χ1n) is 8.24. The van der Waals surface area contributed by atoms with Crippen molar-refractivity contribution in [1.29, 1.82) is 0 Å². The van der Waals surface area contributed by atoms with Gasteiger partial charge in [-0.05, 0) is 43.6 Å². The molecule has 0 aromatic heterocycles. The van der Waals surface area contributed by atoms with Crippen LogP contribution in [0.4, 0.5) is 0 Å². The molecule has 0 aliphatic heterocycles. The first kappa shape index (κ1) is 15.3. The molecule has 0 heterocycles. The van der Waals surface area contributed by atoms with E-state index in [9.17, 15) is 5.11 Å². The van der Waals surface area contributed by atoms with E-state index < -0.39 is 0 Å². The number of hydrogen-bond acceptors (Lipinski definition) is 3. The Labute approximate surface area is 118 Å². The summed E-state index contributed by atoms with van der Waals surface area (Å²) >= 11 is 0. The third-order valence-corrected chi connectivity index (χ3v) is 4.95. The zero-order chi connectivity index (χ0) is 13.7. The number of aliphatic hydroxyl groups excluding tert-OH is 1. The van der Waals surface area contributed by atoms with Crippen LogP contribution in [0.2, 0.25) is 0 Å². The fourth-order valence-corrected chi connectivity index (χ4v) is 3.74. The number of rotatable bonds is 8. The predicted molar refractivity (Wildman–Crippen MR) is 80.3 cm³/mol. The summed E-state index contributed by atoms with van der Waals surface area (Å²) in [5.74, 6) is 0.864. The molecule has 0 aromatic carbocycles. The smallest absolute Gasteiger partial charge is 0.0558 e. The molecule has 0 bridgehead atoms. The molecule has 19 heavy (non-hydrogen) atoms. The summed E-state index contributed by atoms with van der Waals surface area (Å²) in [5, 5.41) is 13.0. The molecular weight excluding hydrogens is 236 g/mol. The fraction of sp³-hybridized carbons (Fsp3) is 1.00. The molecule has 2 fully saturated rings. The van der Waals surface area contributed by atoms with Gasteiger partial charge in [0, 0.05) is 25.7 Å². The van der Waals surface area contributed by atoms with Crippen LogP contribution < -0.4 is 5.32 Å². The Morgan fingerprint density at radius 2 is 2.11 bits per heavy atom. The number of likely N-dealkylation sites (N-methyl/N-ethyl adjacent to an activating group) is 1. The Kier molecular flexibility index (Phi) is 5.67. The molecule has 2 saturated carbocycles. The van der Waals surface area contributed by atoms with Crippen molar-refractivity contribution < 1.29 is 5.11 Å². The second-order valence-corrected chi connectivity index (χ2v) is 6.95. The molecule has 2 N–H and O–H groups in total. The second kappa shape index (κ2) is 7.05. The number of nitrogens with zero attached hydrogens (tertiary/aromatic N) is 1. The number of nitrogens with one attached hydrogen (secondary N) is 1. The van der Waals surface area contributed by atoms with Crippen LogP contribution in [0.3, 0.4) is 0 Å². The van der Waals surface area contributed by atoms with Crippen LogP contribution in [0, 0.1) is 11.3 Å². The average Bonchev–Trinajstić information content (AvgIpc) is 3.20. The first-order valence-corrected chi connectivity index (χ1v) is 8.24. The van der Waals surface area contributed by atoms with E-state index in [1.807, 2.05) is 0 Å². The Balaban J connectivity index is 1.94. The SMILES string of the molecule is CCN(CCO)CC1(CNC2CC2)CCCC(C)C1. The van der Waals surface area contributed by atoms with Crippen molar-refractivity contribution >= 4 is 0 Å². The lowest BCUT2D eigenvalue weighted by molar-refractivity contribution is 0.0727. The highest BCUT2D eigenvalue weighted by atomic mass is 16.3. The third-order valence-electron chi connectivity index (χ3n) is 4.95. The van der Waals surface area contributed by atoms with Crippen molar-refractivity contribution in [3.8, 4) is 0 Å². The normalized spacial score (nSPS) is 31.9. The van der Waals surface area contributed by atoms with Gasteiger partial charge in [-0.2, -0.15) is 0 Å². The minimum Gasteiger partial charge on any atom is -0.395 e. The van der Waals surface area contributed by atoms with Crippen molar-refractivity contribution in [3.05, 3.63) is 0 Å². The van der Waals surface area contributed by atoms with Crippen molar-refractivity contribution in [2.75, 3.05) is 32.8 Å². The fourth-order valence-electron chi connectivity index (χ4n) is 3.74. The molecule has 0 amide bonds. The van der Waals surface area contributed by atoms with Gasteiger partial charge in [0.05, 0.1) is 6.61 Å². The van der Waals surface area contributed by atoms with Crippen molar-refractivity contribution in [1.82, 2.24) is 10.2 Å². The topological polar surface area (TPSA) is 35.5 Å². The molecule has 0 saturated heterocycles. The van der Waals surface area contributed by atoms with Gasteiger partial charge in [-0.25, -0.2) is 0 Å². The molecule has 3 nitrogen and oxygen atoms in total. The van der Waals surface area contributed by atoms with Crippen LogP contribution in [0.5, 0.6) is 0 Å². The van der Waals surface area contributed by atoms with Gasteiger partial charge in [0.25, 0.3) is 0 Å². The van der Waals surface area contributed by atoms with Crippen LogP contribution >= 0.6 is 0 Å². The van der Waals surface area contributed by atoms with Gasteiger partial charge in [-0.1, -0.05) is 26.7 Å². The first-order chi connectivity index (χ1) is 9.17.